The first-order valence-electron chi connectivity index (χ1n) is 10.8. The highest BCUT2D eigenvalue weighted by Gasteiger charge is 2.29. The molecule has 1 aliphatic heterocycles. The SMILES string of the molecule is Cc1nn(Cc2ccccc2)c2sc(C(=O)NCCS(=O)(=O)N3CCc4ccccc43)cc12. The fourth-order valence-electron chi connectivity index (χ4n) is 4.18. The molecule has 1 amide bonds. The second-order valence-electron chi connectivity index (χ2n) is 8.08. The van der Waals surface area contributed by atoms with E-state index in [2.05, 4.69) is 10.4 Å². The molecule has 0 saturated carbocycles. The number of fused-ring (bicyclic) bond motifs is 2. The third-order valence-corrected chi connectivity index (χ3v) is 8.75. The molecule has 2 aromatic carbocycles. The quantitative estimate of drug-likeness (QED) is 0.438. The summed E-state index contributed by atoms with van der Waals surface area (Å²) in [7, 11) is -3.51. The summed E-state index contributed by atoms with van der Waals surface area (Å²) in [5, 5.41) is 8.34. The number of sulfonamides is 1. The number of carbonyl (C=O) groups excluding carboxylic acids is 1. The lowest BCUT2D eigenvalue weighted by atomic mass is 10.2. The highest BCUT2D eigenvalue weighted by molar-refractivity contribution is 7.92. The van der Waals surface area contributed by atoms with Gasteiger partial charge in [-0.25, -0.2) is 8.42 Å². The van der Waals surface area contributed by atoms with Crippen LogP contribution in [0.1, 0.15) is 26.5 Å². The van der Waals surface area contributed by atoms with Crippen molar-refractivity contribution >= 4 is 43.2 Å². The van der Waals surface area contributed by atoms with E-state index in [-0.39, 0.29) is 18.2 Å². The van der Waals surface area contributed by atoms with Crippen molar-refractivity contribution in [1.82, 2.24) is 15.1 Å². The van der Waals surface area contributed by atoms with Gasteiger partial charge in [-0.05, 0) is 36.6 Å². The number of carbonyl (C=O) groups is 1. The minimum atomic E-state index is -3.51. The Morgan fingerprint density at radius 3 is 2.70 bits per heavy atom. The normalized spacial score (nSPS) is 13.4. The molecule has 0 atom stereocenters. The van der Waals surface area contributed by atoms with Gasteiger partial charge in [0.1, 0.15) is 4.83 Å². The average molecular weight is 481 g/mol. The minimum Gasteiger partial charge on any atom is -0.350 e. The Kier molecular flexibility index (Phi) is 5.67. The predicted octanol–water partition coefficient (Wildman–Crippen LogP) is 3.58. The van der Waals surface area contributed by atoms with Gasteiger partial charge >= 0.3 is 0 Å². The standard InChI is InChI=1S/C24H24N4O3S2/c1-17-20-15-22(32-24(20)27(26-17)16-18-7-3-2-4-8-18)23(29)25-12-14-33(30,31)28-13-11-19-9-5-6-10-21(19)28/h2-10,15H,11-14,16H2,1H3,(H,25,29). The molecule has 0 unspecified atom stereocenters. The van der Waals surface area contributed by atoms with Crippen LogP contribution in [0, 0.1) is 6.92 Å². The third kappa shape index (κ3) is 4.26. The van der Waals surface area contributed by atoms with Crippen molar-refractivity contribution in [2.45, 2.75) is 19.9 Å². The second-order valence-corrected chi connectivity index (χ2v) is 11.1. The Bertz CT molecular complexity index is 1420. The first-order valence-corrected chi connectivity index (χ1v) is 13.2. The molecule has 5 rings (SSSR count). The number of rotatable bonds is 7. The van der Waals surface area contributed by atoms with Crippen LogP contribution in [0.5, 0.6) is 0 Å². The zero-order chi connectivity index (χ0) is 23.0. The number of hydrogen-bond donors (Lipinski definition) is 1. The number of para-hydroxylation sites is 1. The predicted molar refractivity (Wildman–Crippen MR) is 132 cm³/mol. The molecule has 0 spiro atoms. The molecule has 9 heteroatoms. The van der Waals surface area contributed by atoms with Crippen LogP contribution in [0.3, 0.4) is 0 Å². The molecule has 0 saturated heterocycles. The smallest absolute Gasteiger partial charge is 0.261 e. The molecular formula is C24H24N4O3S2. The average Bonchev–Trinajstić information content (AvgIpc) is 3.50. The second kappa shape index (κ2) is 8.64. The molecular weight excluding hydrogens is 456 g/mol. The van der Waals surface area contributed by atoms with E-state index in [1.807, 2.05) is 72.3 Å². The molecule has 0 bridgehead atoms. The van der Waals surface area contributed by atoms with Crippen molar-refractivity contribution in [3.8, 4) is 0 Å². The Labute approximate surface area is 196 Å². The fraction of sp³-hybridized carbons (Fsp3) is 0.250. The van der Waals surface area contributed by atoms with E-state index >= 15 is 0 Å². The zero-order valence-electron chi connectivity index (χ0n) is 18.2. The molecule has 4 aromatic rings. The maximum Gasteiger partial charge on any atom is 0.261 e. The summed E-state index contributed by atoms with van der Waals surface area (Å²) in [5.41, 5.74) is 3.78. The van der Waals surface area contributed by atoms with E-state index in [9.17, 15) is 13.2 Å². The Morgan fingerprint density at radius 2 is 1.88 bits per heavy atom. The summed E-state index contributed by atoms with van der Waals surface area (Å²) in [6, 6.07) is 19.4. The zero-order valence-corrected chi connectivity index (χ0v) is 19.8. The Hall–Kier alpha value is -3.17. The summed E-state index contributed by atoms with van der Waals surface area (Å²) in [6.07, 6.45) is 0.711. The number of aromatic nitrogens is 2. The highest BCUT2D eigenvalue weighted by atomic mass is 32.2. The lowest BCUT2D eigenvalue weighted by Crippen LogP contribution is -2.36. The molecule has 7 nitrogen and oxygen atoms in total. The van der Waals surface area contributed by atoms with Crippen molar-refractivity contribution in [2.24, 2.45) is 0 Å². The van der Waals surface area contributed by atoms with Crippen LogP contribution in [-0.2, 0) is 23.0 Å². The molecule has 2 aromatic heterocycles. The number of aryl methyl sites for hydroxylation is 1. The largest absolute Gasteiger partial charge is 0.350 e. The fourth-order valence-corrected chi connectivity index (χ4v) is 6.68. The number of anilines is 1. The van der Waals surface area contributed by atoms with E-state index in [0.717, 1.165) is 32.7 Å². The first-order chi connectivity index (χ1) is 15.9. The number of nitrogens with one attached hydrogen (secondary N) is 1. The summed E-state index contributed by atoms with van der Waals surface area (Å²) in [4.78, 5) is 14.2. The van der Waals surface area contributed by atoms with Crippen LogP contribution in [0.15, 0.2) is 60.7 Å². The molecule has 3 heterocycles. The van der Waals surface area contributed by atoms with Crippen molar-refractivity contribution < 1.29 is 13.2 Å². The minimum absolute atomic E-state index is 0.0587. The summed E-state index contributed by atoms with van der Waals surface area (Å²) < 4.78 is 29.1. The van der Waals surface area contributed by atoms with Crippen LogP contribution in [0.2, 0.25) is 0 Å². The number of hydrogen-bond acceptors (Lipinski definition) is 5. The molecule has 1 N–H and O–H groups in total. The number of thiophene rings is 1. The van der Waals surface area contributed by atoms with Gasteiger partial charge in [-0.3, -0.25) is 13.8 Å². The van der Waals surface area contributed by atoms with Gasteiger partial charge in [0.2, 0.25) is 10.0 Å². The molecule has 1 aliphatic rings. The molecule has 170 valence electrons. The van der Waals surface area contributed by atoms with Crippen molar-refractivity contribution in [3.05, 3.63) is 82.4 Å². The van der Waals surface area contributed by atoms with Gasteiger partial charge in [0.25, 0.3) is 5.91 Å². The summed E-state index contributed by atoms with van der Waals surface area (Å²) in [5.74, 6) is -0.405. The Balaban J connectivity index is 1.26. The number of nitrogens with zero attached hydrogens (tertiary/aromatic N) is 3. The molecule has 33 heavy (non-hydrogen) atoms. The monoisotopic (exact) mass is 480 g/mol. The molecule has 0 radical (unpaired) electrons. The van der Waals surface area contributed by atoms with E-state index in [1.165, 1.54) is 15.6 Å². The Morgan fingerprint density at radius 1 is 1.12 bits per heavy atom. The van der Waals surface area contributed by atoms with E-state index in [0.29, 0.717) is 24.4 Å². The highest BCUT2D eigenvalue weighted by Crippen LogP contribution is 2.30. The van der Waals surface area contributed by atoms with Crippen LogP contribution in [0.4, 0.5) is 5.69 Å². The summed E-state index contributed by atoms with van der Waals surface area (Å²) >= 11 is 1.37. The number of amides is 1. The van der Waals surface area contributed by atoms with E-state index < -0.39 is 10.0 Å². The van der Waals surface area contributed by atoms with Crippen molar-refractivity contribution in [3.63, 3.8) is 0 Å². The van der Waals surface area contributed by atoms with Crippen LogP contribution in [0.25, 0.3) is 10.2 Å². The van der Waals surface area contributed by atoms with Crippen LogP contribution >= 0.6 is 11.3 Å². The van der Waals surface area contributed by atoms with Gasteiger partial charge in [0.05, 0.1) is 28.6 Å². The third-order valence-electron chi connectivity index (χ3n) is 5.83. The van der Waals surface area contributed by atoms with Crippen LogP contribution in [-0.4, -0.2) is 42.9 Å². The van der Waals surface area contributed by atoms with Crippen molar-refractivity contribution in [1.29, 1.82) is 0 Å². The molecule has 0 fully saturated rings. The number of benzene rings is 2. The van der Waals surface area contributed by atoms with Gasteiger partial charge in [-0.1, -0.05) is 48.5 Å². The van der Waals surface area contributed by atoms with Crippen molar-refractivity contribution in [2.75, 3.05) is 23.1 Å². The maximum absolute atomic E-state index is 12.8. The summed E-state index contributed by atoms with van der Waals surface area (Å²) in [6.45, 7) is 3.06. The van der Waals surface area contributed by atoms with Crippen LogP contribution < -0.4 is 9.62 Å². The van der Waals surface area contributed by atoms with Gasteiger partial charge in [-0.15, -0.1) is 11.3 Å². The maximum atomic E-state index is 12.8. The first kappa shape index (κ1) is 21.7. The lowest BCUT2D eigenvalue weighted by molar-refractivity contribution is 0.0960. The van der Waals surface area contributed by atoms with E-state index in [4.69, 9.17) is 0 Å². The van der Waals surface area contributed by atoms with E-state index in [1.54, 1.807) is 0 Å². The van der Waals surface area contributed by atoms with Gasteiger partial charge < -0.3 is 5.32 Å². The van der Waals surface area contributed by atoms with Gasteiger partial charge in [0.15, 0.2) is 0 Å². The van der Waals surface area contributed by atoms with Gasteiger partial charge in [-0.2, -0.15) is 5.10 Å². The van der Waals surface area contributed by atoms with Gasteiger partial charge in [0, 0.05) is 18.5 Å². The molecule has 0 aliphatic carbocycles. The lowest BCUT2D eigenvalue weighted by Gasteiger charge is -2.19. The topological polar surface area (TPSA) is 84.3 Å².